The third kappa shape index (κ3) is 4.89. The normalized spacial score (nSPS) is 16.2. The largest absolute Gasteiger partial charge is 0.339 e. The summed E-state index contributed by atoms with van der Waals surface area (Å²) in [6, 6.07) is 10.2. The lowest BCUT2D eigenvalue weighted by Crippen LogP contribution is -2.37. The average molecular weight is 430 g/mol. The van der Waals surface area contributed by atoms with Crippen LogP contribution in [0.1, 0.15) is 33.8 Å². The van der Waals surface area contributed by atoms with E-state index in [2.05, 4.69) is 10.3 Å². The Morgan fingerprint density at radius 2 is 2.14 bits per heavy atom. The molecule has 1 fully saturated rings. The van der Waals surface area contributed by atoms with Crippen molar-refractivity contribution >= 4 is 39.6 Å². The summed E-state index contributed by atoms with van der Waals surface area (Å²) in [6.45, 7) is 0.713. The number of hydrogen-bond donors (Lipinski definition) is 1. The number of amides is 2. The molecule has 29 heavy (non-hydrogen) atoms. The van der Waals surface area contributed by atoms with Crippen molar-refractivity contribution in [2.24, 2.45) is 0 Å². The Morgan fingerprint density at radius 3 is 2.93 bits per heavy atom. The lowest BCUT2D eigenvalue weighted by Gasteiger charge is -2.24. The van der Waals surface area contributed by atoms with Gasteiger partial charge in [-0.2, -0.15) is 0 Å². The van der Waals surface area contributed by atoms with Crippen LogP contribution in [-0.4, -0.2) is 34.3 Å². The summed E-state index contributed by atoms with van der Waals surface area (Å²) in [6.07, 6.45) is 2.72. The van der Waals surface area contributed by atoms with E-state index in [4.69, 9.17) is 0 Å². The minimum atomic E-state index is -0.252. The van der Waals surface area contributed by atoms with Crippen molar-refractivity contribution < 1.29 is 14.0 Å². The van der Waals surface area contributed by atoms with Gasteiger partial charge in [0.15, 0.2) is 5.13 Å². The van der Waals surface area contributed by atoms with Gasteiger partial charge in [-0.25, -0.2) is 9.37 Å². The van der Waals surface area contributed by atoms with Gasteiger partial charge in [-0.3, -0.25) is 14.9 Å². The molecule has 1 saturated heterocycles. The number of rotatable bonds is 6. The first-order valence-corrected chi connectivity index (χ1v) is 11.2. The first-order chi connectivity index (χ1) is 14.1. The fourth-order valence-corrected chi connectivity index (χ4v) is 4.91. The molecule has 0 aliphatic carbocycles. The smallest absolute Gasteiger partial charge is 0.267 e. The number of thiophene rings is 1. The molecule has 2 aromatic heterocycles. The second-order valence-corrected chi connectivity index (χ2v) is 8.78. The summed E-state index contributed by atoms with van der Waals surface area (Å²) >= 11 is 2.68. The van der Waals surface area contributed by atoms with Gasteiger partial charge in [0.1, 0.15) is 5.82 Å². The van der Waals surface area contributed by atoms with E-state index in [1.54, 1.807) is 17.5 Å². The Balaban J connectivity index is 1.36. The topological polar surface area (TPSA) is 62.3 Å². The Kier molecular flexibility index (Phi) is 6.01. The van der Waals surface area contributed by atoms with Crippen molar-refractivity contribution in [2.45, 2.75) is 31.7 Å². The minimum absolute atomic E-state index is 0.0188. The van der Waals surface area contributed by atoms with Crippen LogP contribution in [0.15, 0.2) is 47.2 Å². The van der Waals surface area contributed by atoms with Gasteiger partial charge >= 0.3 is 0 Å². The number of nitrogens with one attached hydrogen (secondary N) is 1. The quantitative estimate of drug-likeness (QED) is 0.633. The molecule has 1 N–H and O–H groups in total. The molecule has 2 amide bonds. The van der Waals surface area contributed by atoms with E-state index < -0.39 is 0 Å². The Bertz CT molecular complexity index is 1000. The van der Waals surface area contributed by atoms with E-state index in [1.807, 2.05) is 22.4 Å². The van der Waals surface area contributed by atoms with Crippen molar-refractivity contribution in [1.82, 2.24) is 9.88 Å². The summed E-state index contributed by atoms with van der Waals surface area (Å²) in [5, 5.41) is 6.91. The molecule has 4 rings (SSSR count). The molecule has 150 valence electrons. The summed E-state index contributed by atoms with van der Waals surface area (Å²) in [4.78, 5) is 31.8. The molecule has 1 atom stereocenters. The van der Waals surface area contributed by atoms with Gasteiger partial charge in [0.05, 0.1) is 17.0 Å². The summed E-state index contributed by atoms with van der Waals surface area (Å²) in [5.74, 6) is -0.426. The minimum Gasteiger partial charge on any atom is -0.339 e. The highest BCUT2D eigenvalue weighted by atomic mass is 32.1. The van der Waals surface area contributed by atoms with Gasteiger partial charge in [0.25, 0.3) is 5.91 Å². The van der Waals surface area contributed by atoms with Crippen molar-refractivity contribution in [2.75, 3.05) is 11.9 Å². The molecule has 0 saturated carbocycles. The number of thiazole rings is 1. The standard InChI is InChI=1S/C21H20FN3O2S2/c22-15-5-1-4-14(10-15)11-17-6-2-8-25(17)19(26)12-16-13-29-21(23-16)24-20(27)18-7-3-9-28-18/h1,3-5,7,9-10,13,17H,2,6,8,11-12H2,(H,23,24,27). The fraction of sp³-hybridized carbons (Fsp3) is 0.286. The molecular weight excluding hydrogens is 409 g/mol. The second kappa shape index (κ2) is 8.84. The van der Waals surface area contributed by atoms with Gasteiger partial charge < -0.3 is 4.90 Å². The summed E-state index contributed by atoms with van der Waals surface area (Å²) in [7, 11) is 0. The van der Waals surface area contributed by atoms with Crippen molar-refractivity contribution in [1.29, 1.82) is 0 Å². The molecule has 8 heteroatoms. The lowest BCUT2D eigenvalue weighted by molar-refractivity contribution is -0.131. The number of carbonyl (C=O) groups excluding carboxylic acids is 2. The number of aromatic nitrogens is 1. The number of anilines is 1. The molecule has 1 aliphatic heterocycles. The van der Waals surface area contributed by atoms with Crippen LogP contribution in [0.2, 0.25) is 0 Å². The number of halogens is 1. The maximum atomic E-state index is 13.5. The van der Waals surface area contributed by atoms with Crippen LogP contribution in [0.25, 0.3) is 0 Å². The van der Waals surface area contributed by atoms with Crippen LogP contribution in [-0.2, 0) is 17.6 Å². The predicted molar refractivity (Wildman–Crippen MR) is 113 cm³/mol. The van der Waals surface area contributed by atoms with Gasteiger partial charge in [0.2, 0.25) is 5.91 Å². The highest BCUT2D eigenvalue weighted by Gasteiger charge is 2.29. The van der Waals surface area contributed by atoms with E-state index >= 15 is 0 Å². The van der Waals surface area contributed by atoms with Crippen molar-refractivity contribution in [3.63, 3.8) is 0 Å². The predicted octanol–water partition coefficient (Wildman–Crippen LogP) is 4.37. The van der Waals surface area contributed by atoms with Crippen molar-refractivity contribution in [3.05, 3.63) is 69.1 Å². The van der Waals surface area contributed by atoms with Crippen LogP contribution >= 0.6 is 22.7 Å². The van der Waals surface area contributed by atoms with Gasteiger partial charge in [-0.05, 0) is 48.4 Å². The molecule has 1 aliphatic rings. The van der Waals surface area contributed by atoms with Gasteiger partial charge in [-0.1, -0.05) is 18.2 Å². The monoisotopic (exact) mass is 429 g/mol. The maximum absolute atomic E-state index is 13.5. The maximum Gasteiger partial charge on any atom is 0.267 e. The Morgan fingerprint density at radius 1 is 1.24 bits per heavy atom. The van der Waals surface area contributed by atoms with Crippen molar-refractivity contribution in [3.8, 4) is 0 Å². The van der Waals surface area contributed by atoms with Crippen LogP contribution in [0.5, 0.6) is 0 Å². The zero-order valence-corrected chi connectivity index (χ0v) is 17.3. The SMILES string of the molecule is O=C(Nc1nc(CC(=O)N2CCCC2Cc2cccc(F)c2)cs1)c1cccs1. The zero-order chi connectivity index (χ0) is 20.2. The van der Waals surface area contributed by atoms with Crippen LogP contribution < -0.4 is 5.32 Å². The molecule has 5 nitrogen and oxygen atoms in total. The molecule has 3 aromatic rings. The second-order valence-electron chi connectivity index (χ2n) is 6.97. The molecular formula is C21H20FN3O2S2. The van der Waals surface area contributed by atoms with E-state index in [-0.39, 0.29) is 30.1 Å². The van der Waals surface area contributed by atoms with Crippen LogP contribution in [0.3, 0.4) is 0 Å². The molecule has 0 radical (unpaired) electrons. The molecule has 0 spiro atoms. The molecule has 3 heterocycles. The molecule has 0 bridgehead atoms. The average Bonchev–Trinajstić information content (AvgIpc) is 3.43. The number of hydrogen-bond acceptors (Lipinski definition) is 5. The number of carbonyl (C=O) groups is 2. The van der Waals surface area contributed by atoms with E-state index in [0.717, 1.165) is 18.4 Å². The molecule has 1 aromatic carbocycles. The van der Waals surface area contributed by atoms with Gasteiger partial charge in [0, 0.05) is 18.0 Å². The highest BCUT2D eigenvalue weighted by molar-refractivity contribution is 7.14. The lowest BCUT2D eigenvalue weighted by atomic mass is 10.0. The van der Waals surface area contributed by atoms with E-state index in [1.165, 1.54) is 34.8 Å². The van der Waals surface area contributed by atoms with Crippen LogP contribution in [0, 0.1) is 5.82 Å². The highest BCUT2D eigenvalue weighted by Crippen LogP contribution is 2.24. The summed E-state index contributed by atoms with van der Waals surface area (Å²) in [5.41, 5.74) is 1.56. The number of nitrogens with zero attached hydrogens (tertiary/aromatic N) is 2. The van der Waals surface area contributed by atoms with E-state index in [0.29, 0.717) is 28.7 Å². The fourth-order valence-electron chi connectivity index (χ4n) is 3.58. The zero-order valence-electron chi connectivity index (χ0n) is 15.6. The Hall–Kier alpha value is -2.58. The molecule has 1 unspecified atom stereocenters. The van der Waals surface area contributed by atoms with Crippen LogP contribution in [0.4, 0.5) is 9.52 Å². The number of benzene rings is 1. The van der Waals surface area contributed by atoms with Gasteiger partial charge in [-0.15, -0.1) is 22.7 Å². The number of likely N-dealkylation sites (tertiary alicyclic amines) is 1. The third-order valence-electron chi connectivity index (χ3n) is 4.91. The summed E-state index contributed by atoms with van der Waals surface area (Å²) < 4.78 is 13.5. The Labute approximate surface area is 176 Å². The van der Waals surface area contributed by atoms with E-state index in [9.17, 15) is 14.0 Å². The third-order valence-corrected chi connectivity index (χ3v) is 6.58. The first kappa shape index (κ1) is 19.7. The first-order valence-electron chi connectivity index (χ1n) is 9.41.